The summed E-state index contributed by atoms with van der Waals surface area (Å²) in [6, 6.07) is 10.4. The molecule has 2 fully saturated rings. The first kappa shape index (κ1) is 19.5. The minimum atomic E-state index is -0.395. The number of nitrogens with zero attached hydrogens (tertiary/aromatic N) is 2. The highest BCUT2D eigenvalue weighted by atomic mass is 16.5. The number of allylic oxidation sites excluding steroid dienone is 2. The van der Waals surface area contributed by atoms with Crippen molar-refractivity contribution >= 4 is 24.0 Å². The second kappa shape index (κ2) is 7.65. The first-order valence-electron chi connectivity index (χ1n) is 10.5. The molecule has 2 amide bonds. The third-order valence-corrected chi connectivity index (χ3v) is 6.32. The van der Waals surface area contributed by atoms with Crippen LogP contribution in [0, 0.1) is 23.7 Å². The first-order valence-corrected chi connectivity index (χ1v) is 10.5. The molecule has 0 unspecified atom stereocenters. The lowest BCUT2D eigenvalue weighted by Gasteiger charge is -2.37. The van der Waals surface area contributed by atoms with E-state index in [4.69, 9.17) is 9.15 Å². The lowest BCUT2D eigenvalue weighted by atomic mass is 9.63. The summed E-state index contributed by atoms with van der Waals surface area (Å²) in [5, 5.41) is 5.18. The number of ether oxygens (including phenoxy) is 1. The van der Waals surface area contributed by atoms with Crippen LogP contribution in [0.15, 0.2) is 58.1 Å². The van der Waals surface area contributed by atoms with E-state index in [0.717, 1.165) is 17.9 Å². The normalized spacial score (nSPS) is 26.7. The molecule has 1 aromatic heterocycles. The van der Waals surface area contributed by atoms with E-state index in [-0.39, 0.29) is 35.5 Å². The van der Waals surface area contributed by atoms with Crippen LogP contribution in [0.25, 0.3) is 11.3 Å². The van der Waals surface area contributed by atoms with E-state index in [9.17, 15) is 14.4 Å². The zero-order valence-electron chi connectivity index (χ0n) is 17.1. The van der Waals surface area contributed by atoms with Crippen LogP contribution in [0.3, 0.4) is 0 Å². The molecular weight excluding hydrogens is 396 g/mol. The van der Waals surface area contributed by atoms with Gasteiger partial charge in [0.25, 0.3) is 11.8 Å². The highest BCUT2D eigenvalue weighted by Gasteiger charge is 2.56. The van der Waals surface area contributed by atoms with Gasteiger partial charge in [0.2, 0.25) is 0 Å². The third-order valence-electron chi connectivity index (χ3n) is 6.32. The van der Waals surface area contributed by atoms with E-state index in [1.165, 1.54) is 6.21 Å². The molecule has 2 bridgehead atoms. The van der Waals surface area contributed by atoms with Crippen molar-refractivity contribution in [2.45, 2.75) is 19.8 Å². The maximum Gasteiger partial charge on any atom is 0.338 e. The number of esters is 1. The van der Waals surface area contributed by atoms with Crippen molar-refractivity contribution in [2.75, 3.05) is 6.61 Å². The molecular formula is C24H22N2O5. The summed E-state index contributed by atoms with van der Waals surface area (Å²) in [4.78, 5) is 37.6. The molecule has 31 heavy (non-hydrogen) atoms. The standard InChI is InChI=1S/C24H22N2O5/c1-2-30-24(29)17-5-3-4-16(12-17)19-11-10-18(31-19)13-25-26-22(27)20-14-6-7-15(9-8-14)21(20)23(26)28/h3-7,10-15,20-21H,2,8-9H2,1H3/b25-13-/t14-,15+,20-,21-/m0/s1. The molecule has 1 saturated heterocycles. The number of carbonyl (C=O) groups excluding carboxylic acids is 3. The molecule has 4 aliphatic rings. The Morgan fingerprint density at radius 2 is 1.84 bits per heavy atom. The molecule has 7 heteroatoms. The van der Waals surface area contributed by atoms with Crippen LogP contribution in [0.4, 0.5) is 0 Å². The van der Waals surface area contributed by atoms with Gasteiger partial charge < -0.3 is 9.15 Å². The van der Waals surface area contributed by atoms with Crippen molar-refractivity contribution in [3.8, 4) is 11.3 Å². The van der Waals surface area contributed by atoms with Crippen molar-refractivity contribution in [3.63, 3.8) is 0 Å². The van der Waals surface area contributed by atoms with Gasteiger partial charge >= 0.3 is 5.97 Å². The van der Waals surface area contributed by atoms with Crippen LogP contribution in [0.1, 0.15) is 35.9 Å². The smallest absolute Gasteiger partial charge is 0.338 e. The fraction of sp³-hybridized carbons (Fsp3) is 0.333. The first-order chi connectivity index (χ1) is 15.1. The molecule has 1 aliphatic heterocycles. The van der Waals surface area contributed by atoms with Crippen LogP contribution in [-0.4, -0.2) is 35.6 Å². The molecule has 0 radical (unpaired) electrons. The molecule has 1 saturated carbocycles. The second-order valence-corrected chi connectivity index (χ2v) is 8.08. The Kier molecular flexibility index (Phi) is 4.81. The van der Waals surface area contributed by atoms with E-state index < -0.39 is 5.97 Å². The van der Waals surface area contributed by atoms with Gasteiger partial charge in [0.05, 0.1) is 30.2 Å². The summed E-state index contributed by atoms with van der Waals surface area (Å²) < 4.78 is 10.8. The maximum atomic E-state index is 12.8. The Hall–Kier alpha value is -3.48. The molecule has 6 rings (SSSR count). The van der Waals surface area contributed by atoms with Gasteiger partial charge in [-0.05, 0) is 55.9 Å². The average molecular weight is 418 g/mol. The van der Waals surface area contributed by atoms with Gasteiger partial charge in [0, 0.05) is 5.56 Å². The van der Waals surface area contributed by atoms with E-state index in [2.05, 4.69) is 17.3 Å². The second-order valence-electron chi connectivity index (χ2n) is 8.08. The fourth-order valence-electron chi connectivity index (χ4n) is 4.88. The summed E-state index contributed by atoms with van der Waals surface area (Å²) >= 11 is 0. The van der Waals surface area contributed by atoms with Crippen LogP contribution in [-0.2, 0) is 14.3 Å². The minimum Gasteiger partial charge on any atom is -0.462 e. The number of carbonyl (C=O) groups is 3. The molecule has 4 atom stereocenters. The number of hydrogen-bond donors (Lipinski definition) is 0. The predicted molar refractivity (Wildman–Crippen MR) is 112 cm³/mol. The minimum absolute atomic E-state index is 0.133. The van der Waals surface area contributed by atoms with Gasteiger partial charge in [0.1, 0.15) is 11.5 Å². The van der Waals surface area contributed by atoms with Crippen LogP contribution >= 0.6 is 0 Å². The van der Waals surface area contributed by atoms with Crippen molar-refractivity contribution in [2.24, 2.45) is 28.8 Å². The van der Waals surface area contributed by atoms with E-state index >= 15 is 0 Å². The van der Waals surface area contributed by atoms with E-state index in [0.29, 0.717) is 29.3 Å². The monoisotopic (exact) mass is 418 g/mol. The van der Waals surface area contributed by atoms with Crippen molar-refractivity contribution in [1.29, 1.82) is 0 Å². The summed E-state index contributed by atoms with van der Waals surface area (Å²) in [7, 11) is 0. The zero-order valence-corrected chi connectivity index (χ0v) is 17.1. The highest BCUT2D eigenvalue weighted by Crippen LogP contribution is 2.49. The van der Waals surface area contributed by atoms with E-state index in [1.807, 2.05) is 6.07 Å². The van der Waals surface area contributed by atoms with Crippen molar-refractivity contribution in [1.82, 2.24) is 5.01 Å². The van der Waals surface area contributed by atoms with Crippen molar-refractivity contribution < 1.29 is 23.5 Å². The molecule has 7 nitrogen and oxygen atoms in total. The Bertz CT molecular complexity index is 1080. The number of hydrazone groups is 1. The molecule has 2 heterocycles. The quantitative estimate of drug-likeness (QED) is 0.320. The average Bonchev–Trinajstić information content (AvgIpc) is 3.38. The van der Waals surface area contributed by atoms with Crippen LogP contribution in [0.5, 0.6) is 0 Å². The van der Waals surface area contributed by atoms with Crippen LogP contribution < -0.4 is 0 Å². The summed E-state index contributed by atoms with van der Waals surface area (Å²) in [6.45, 7) is 2.06. The fourth-order valence-corrected chi connectivity index (χ4v) is 4.88. The van der Waals surface area contributed by atoms with E-state index in [1.54, 1.807) is 37.3 Å². The molecule has 158 valence electrons. The number of fused-ring (bicyclic) bond motifs is 1. The molecule has 2 aromatic rings. The predicted octanol–water partition coefficient (Wildman–Crippen LogP) is 3.65. The summed E-state index contributed by atoms with van der Waals surface area (Å²) in [5.41, 5.74) is 1.15. The van der Waals surface area contributed by atoms with Crippen LogP contribution in [0.2, 0.25) is 0 Å². The number of rotatable bonds is 5. The zero-order chi connectivity index (χ0) is 21.5. The summed E-state index contributed by atoms with van der Waals surface area (Å²) in [5.74, 6) is -0.192. The number of imide groups is 1. The largest absolute Gasteiger partial charge is 0.462 e. The summed E-state index contributed by atoms with van der Waals surface area (Å²) in [6.07, 6.45) is 7.45. The van der Waals surface area contributed by atoms with Gasteiger partial charge in [-0.2, -0.15) is 10.1 Å². The van der Waals surface area contributed by atoms with Gasteiger partial charge in [0.15, 0.2) is 0 Å². The Balaban J connectivity index is 1.34. The number of amides is 2. The lowest BCUT2D eigenvalue weighted by molar-refractivity contribution is -0.140. The van der Waals surface area contributed by atoms with Gasteiger partial charge in [-0.25, -0.2) is 4.79 Å². The Labute approximate surface area is 179 Å². The van der Waals surface area contributed by atoms with Gasteiger partial charge in [-0.3, -0.25) is 9.59 Å². The van der Waals surface area contributed by atoms with Gasteiger partial charge in [-0.15, -0.1) is 0 Å². The van der Waals surface area contributed by atoms with Gasteiger partial charge in [-0.1, -0.05) is 24.3 Å². The Morgan fingerprint density at radius 1 is 1.13 bits per heavy atom. The molecule has 3 aliphatic carbocycles. The lowest BCUT2D eigenvalue weighted by Crippen LogP contribution is -2.38. The SMILES string of the molecule is CCOC(=O)c1cccc(-c2ccc(/C=N\N3C(=O)[C@@H]4[C@@H](C3=O)[C@H]3C=C[C@@H]4CC3)o2)c1. The third kappa shape index (κ3) is 3.30. The maximum absolute atomic E-state index is 12.8. The number of furan rings is 1. The molecule has 0 spiro atoms. The topological polar surface area (TPSA) is 89.2 Å². The number of benzene rings is 1. The highest BCUT2D eigenvalue weighted by molar-refractivity contribution is 6.06. The molecule has 1 aromatic carbocycles. The Morgan fingerprint density at radius 3 is 2.48 bits per heavy atom. The van der Waals surface area contributed by atoms with Crippen molar-refractivity contribution in [3.05, 3.63) is 59.9 Å². The number of hydrogen-bond acceptors (Lipinski definition) is 6. The molecule has 0 N–H and O–H groups in total.